The van der Waals surface area contributed by atoms with E-state index in [0.29, 0.717) is 11.5 Å². The van der Waals surface area contributed by atoms with Crippen LogP contribution in [0.3, 0.4) is 0 Å². The van der Waals surface area contributed by atoms with Crippen molar-refractivity contribution in [3.8, 4) is 67.5 Å². The highest BCUT2D eigenvalue weighted by molar-refractivity contribution is 5.99. The molecule has 9 aromatic rings. The molecular weight excluding hydrogens is 815 g/mol. The van der Waals surface area contributed by atoms with Gasteiger partial charge in [0.25, 0.3) is 0 Å². The molecule has 0 bridgehead atoms. The van der Waals surface area contributed by atoms with E-state index in [1.54, 1.807) is 0 Å². The van der Waals surface area contributed by atoms with Gasteiger partial charge < -0.3 is 14.4 Å². The largest absolute Gasteiger partial charge is 0.449 e. The van der Waals surface area contributed by atoms with Crippen LogP contribution in [-0.2, 0) is 10.8 Å². The van der Waals surface area contributed by atoms with Crippen molar-refractivity contribution in [3.05, 3.63) is 251 Å². The first-order valence-electron chi connectivity index (χ1n) is 23.5. The molecule has 9 aromatic carbocycles. The molecule has 0 radical (unpaired) electrons. The fourth-order valence-corrected chi connectivity index (χ4v) is 12.2. The lowest BCUT2D eigenvalue weighted by Crippen LogP contribution is -2.27. The topological polar surface area (TPSA) is 21.7 Å². The molecule has 14 rings (SSSR count). The first-order valence-corrected chi connectivity index (χ1v) is 23.5. The van der Waals surface area contributed by atoms with E-state index in [-0.39, 0.29) is 5.41 Å². The average molecular weight is 860 g/mol. The van der Waals surface area contributed by atoms with Gasteiger partial charge in [0, 0.05) is 28.4 Å². The van der Waals surface area contributed by atoms with Gasteiger partial charge in [-0.15, -0.1) is 0 Å². The number of allylic oxidation sites excluding steroid dienone is 4. The van der Waals surface area contributed by atoms with Gasteiger partial charge in [-0.05, 0) is 145 Å². The summed E-state index contributed by atoms with van der Waals surface area (Å²) >= 11 is 0. The normalized spacial score (nSPS) is 15.6. The van der Waals surface area contributed by atoms with Gasteiger partial charge in [-0.1, -0.05) is 172 Å². The lowest BCUT2D eigenvalue weighted by Gasteiger charge is -2.33. The van der Waals surface area contributed by atoms with Crippen molar-refractivity contribution >= 4 is 22.6 Å². The zero-order valence-corrected chi connectivity index (χ0v) is 37.4. The number of anilines is 3. The molecule has 1 heterocycles. The number of benzene rings is 9. The quantitative estimate of drug-likeness (QED) is 0.172. The van der Waals surface area contributed by atoms with Gasteiger partial charge in [-0.3, -0.25) is 0 Å². The second-order valence-electron chi connectivity index (χ2n) is 19.1. The Morgan fingerprint density at radius 2 is 1.01 bits per heavy atom. The molecule has 318 valence electrons. The highest BCUT2D eigenvalue weighted by Crippen LogP contribution is 2.66. The van der Waals surface area contributed by atoms with Gasteiger partial charge in [0.15, 0.2) is 23.0 Å². The van der Waals surface area contributed by atoms with Crippen LogP contribution in [0.4, 0.5) is 17.1 Å². The van der Waals surface area contributed by atoms with Crippen LogP contribution < -0.4 is 14.4 Å². The Bertz CT molecular complexity index is 3570. The number of nitrogens with zero attached hydrogens (tertiary/aromatic N) is 1. The zero-order chi connectivity index (χ0) is 44.4. The molecule has 5 aliphatic rings. The van der Waals surface area contributed by atoms with E-state index in [0.717, 1.165) is 52.5 Å². The highest BCUT2D eigenvalue weighted by Gasteiger charge is 2.54. The molecule has 0 atom stereocenters. The minimum absolute atomic E-state index is 0.0671. The third kappa shape index (κ3) is 5.40. The SMILES string of the molecule is CC1(C)c2ccccc2-c2ccc(-c3ccc(N(c4cccc(-c5ccccc5)c4)c4ccc5c(c4)Oc4c(ccc6c4C4=C(CCC=C4)C64c6ccccc6-c6ccccc64)O5)cc3)cc21. The molecule has 0 amide bonds. The first-order chi connectivity index (χ1) is 33.0. The summed E-state index contributed by atoms with van der Waals surface area (Å²) in [6, 6.07) is 73.0. The third-order valence-electron chi connectivity index (χ3n) is 15.2. The van der Waals surface area contributed by atoms with Crippen LogP contribution in [0.5, 0.6) is 23.0 Å². The molecule has 0 aromatic heterocycles. The second kappa shape index (κ2) is 14.2. The lowest BCUT2D eigenvalue weighted by atomic mass is 9.68. The molecule has 3 nitrogen and oxygen atoms in total. The van der Waals surface area contributed by atoms with Crippen LogP contribution >= 0.6 is 0 Å². The predicted molar refractivity (Wildman–Crippen MR) is 273 cm³/mol. The maximum atomic E-state index is 7.24. The standard InChI is InChI=1S/C64H45NO2/c1-63(2)52-23-10-6-19-47(52)50-33-29-43(38-57(50)63)41-27-30-44(31-28-41)65(45-18-14-17-42(37-45)40-15-4-3-5-16-40)46-32-35-58-60(39-46)67-62-59(66-58)36-34-56-61(62)51-22-9-13-26-55(51)64(56)53-24-11-7-20-48(53)49-21-8-12-25-54(49)64/h3-12,14-25,27-39H,13,26H2,1-2H3. The van der Waals surface area contributed by atoms with Gasteiger partial charge in [0.05, 0.1) is 11.1 Å². The maximum Gasteiger partial charge on any atom is 0.178 e. The van der Waals surface area contributed by atoms with Crippen molar-refractivity contribution in [2.75, 3.05) is 4.90 Å². The summed E-state index contributed by atoms with van der Waals surface area (Å²) in [6.45, 7) is 4.69. The molecule has 0 unspecified atom stereocenters. The third-order valence-corrected chi connectivity index (χ3v) is 15.2. The van der Waals surface area contributed by atoms with E-state index in [1.165, 1.54) is 77.9 Å². The summed E-state index contributed by atoms with van der Waals surface area (Å²) < 4.78 is 14.1. The van der Waals surface area contributed by atoms with Crippen molar-refractivity contribution in [2.24, 2.45) is 0 Å². The van der Waals surface area contributed by atoms with E-state index in [1.807, 2.05) is 0 Å². The first kappa shape index (κ1) is 38.2. The van der Waals surface area contributed by atoms with E-state index in [9.17, 15) is 0 Å². The number of hydrogen-bond donors (Lipinski definition) is 0. The number of hydrogen-bond acceptors (Lipinski definition) is 3. The van der Waals surface area contributed by atoms with Crippen LogP contribution in [0.2, 0.25) is 0 Å². The Kier molecular flexibility index (Phi) is 8.08. The minimum atomic E-state index is -0.392. The number of fused-ring (bicyclic) bond motifs is 15. The van der Waals surface area contributed by atoms with Crippen molar-refractivity contribution in [3.63, 3.8) is 0 Å². The summed E-state index contributed by atoms with van der Waals surface area (Å²) in [5.41, 5.74) is 23.2. The van der Waals surface area contributed by atoms with E-state index < -0.39 is 5.41 Å². The lowest BCUT2D eigenvalue weighted by molar-refractivity contribution is 0.358. The van der Waals surface area contributed by atoms with E-state index in [4.69, 9.17) is 9.47 Å². The fraction of sp³-hybridized carbons (Fsp3) is 0.0938. The van der Waals surface area contributed by atoms with Gasteiger partial charge in [-0.2, -0.15) is 0 Å². The zero-order valence-electron chi connectivity index (χ0n) is 37.4. The van der Waals surface area contributed by atoms with Crippen LogP contribution in [0.25, 0.3) is 50.1 Å². The Morgan fingerprint density at radius 1 is 0.418 bits per heavy atom. The minimum Gasteiger partial charge on any atom is -0.449 e. The molecule has 0 N–H and O–H groups in total. The molecule has 1 aliphatic heterocycles. The summed E-state index contributed by atoms with van der Waals surface area (Å²) in [7, 11) is 0. The van der Waals surface area contributed by atoms with Crippen molar-refractivity contribution < 1.29 is 9.47 Å². The molecular formula is C64H45NO2. The number of rotatable bonds is 5. The van der Waals surface area contributed by atoms with Gasteiger partial charge >= 0.3 is 0 Å². The Balaban J connectivity index is 0.882. The average Bonchev–Trinajstić information content (AvgIpc) is 3.95. The predicted octanol–water partition coefficient (Wildman–Crippen LogP) is 17.1. The van der Waals surface area contributed by atoms with Crippen molar-refractivity contribution in [1.82, 2.24) is 0 Å². The van der Waals surface area contributed by atoms with Crippen molar-refractivity contribution in [2.45, 2.75) is 37.5 Å². The molecule has 1 spiro atoms. The Labute approximate surface area is 391 Å². The molecule has 3 heteroatoms. The monoisotopic (exact) mass is 859 g/mol. The molecule has 4 aliphatic carbocycles. The van der Waals surface area contributed by atoms with Gasteiger partial charge in [-0.25, -0.2) is 0 Å². The summed E-state index contributed by atoms with van der Waals surface area (Å²) in [5.74, 6) is 2.91. The van der Waals surface area contributed by atoms with E-state index in [2.05, 4.69) is 231 Å². The smallest absolute Gasteiger partial charge is 0.178 e. The molecule has 0 fully saturated rings. The van der Waals surface area contributed by atoms with Crippen LogP contribution in [-0.4, -0.2) is 0 Å². The summed E-state index contributed by atoms with van der Waals surface area (Å²) in [5, 5.41) is 0. The van der Waals surface area contributed by atoms with Crippen LogP contribution in [0.15, 0.2) is 218 Å². The molecule has 0 saturated carbocycles. The van der Waals surface area contributed by atoms with Crippen molar-refractivity contribution in [1.29, 1.82) is 0 Å². The number of ether oxygens (including phenoxy) is 2. The van der Waals surface area contributed by atoms with Crippen LogP contribution in [0, 0.1) is 0 Å². The summed E-state index contributed by atoms with van der Waals surface area (Å²) in [6.07, 6.45) is 6.64. The summed E-state index contributed by atoms with van der Waals surface area (Å²) in [4.78, 5) is 2.33. The van der Waals surface area contributed by atoms with E-state index >= 15 is 0 Å². The van der Waals surface area contributed by atoms with Gasteiger partial charge in [0.1, 0.15) is 0 Å². The maximum absolute atomic E-state index is 7.24. The van der Waals surface area contributed by atoms with Gasteiger partial charge in [0.2, 0.25) is 0 Å². The fourth-order valence-electron chi connectivity index (χ4n) is 12.2. The Hall–Kier alpha value is -8.14. The highest BCUT2D eigenvalue weighted by atomic mass is 16.6. The molecule has 0 saturated heterocycles. The van der Waals surface area contributed by atoms with Crippen LogP contribution in [0.1, 0.15) is 60.1 Å². The Morgan fingerprint density at radius 3 is 1.79 bits per heavy atom. The second-order valence-corrected chi connectivity index (χ2v) is 19.1. The molecule has 67 heavy (non-hydrogen) atoms.